The maximum Gasteiger partial charge on any atom is 0.153 e. The highest BCUT2D eigenvalue weighted by atomic mass is 32.1. The van der Waals surface area contributed by atoms with Gasteiger partial charge in [0, 0.05) is 6.20 Å². The molecule has 1 aliphatic heterocycles. The van der Waals surface area contributed by atoms with E-state index in [9.17, 15) is 0 Å². The molecular weight excluding hydrogens is 158 g/mol. The van der Waals surface area contributed by atoms with E-state index in [-0.39, 0.29) is 0 Å². The summed E-state index contributed by atoms with van der Waals surface area (Å²) in [5.74, 6) is 0.752. The highest BCUT2D eigenvalue weighted by Crippen LogP contribution is 2.07. The van der Waals surface area contributed by atoms with E-state index in [0.717, 1.165) is 5.84 Å². The lowest BCUT2D eigenvalue weighted by Crippen LogP contribution is -2.41. The molecule has 0 saturated carbocycles. The van der Waals surface area contributed by atoms with E-state index < -0.39 is 0 Å². The molecule has 4 heteroatoms. The van der Waals surface area contributed by atoms with Crippen LogP contribution in [0.4, 0.5) is 0 Å². The van der Waals surface area contributed by atoms with Crippen molar-refractivity contribution in [3.8, 4) is 0 Å². The number of nitrogens with one attached hydrogen (secondary N) is 1. The lowest BCUT2D eigenvalue weighted by atomic mass is 10.4. The Kier molecular flexibility index (Phi) is 2.05. The van der Waals surface area contributed by atoms with Crippen molar-refractivity contribution >= 4 is 23.0 Å². The van der Waals surface area contributed by atoms with Crippen molar-refractivity contribution in [2.75, 3.05) is 0 Å². The first kappa shape index (κ1) is 7.94. The molecule has 1 N–H and O–H groups in total. The molecule has 1 heterocycles. The summed E-state index contributed by atoms with van der Waals surface area (Å²) in [6.45, 7) is 9.15. The molecule has 0 amide bonds. The van der Waals surface area contributed by atoms with Gasteiger partial charge in [-0.25, -0.2) is 4.99 Å². The first-order chi connectivity index (χ1) is 5.15. The minimum Gasteiger partial charge on any atom is -0.281 e. The van der Waals surface area contributed by atoms with Gasteiger partial charge in [0.1, 0.15) is 5.84 Å². The fraction of sp³-hybridized carbons (Fsp3) is 0.143. The number of amidine groups is 1. The van der Waals surface area contributed by atoms with Crippen molar-refractivity contribution in [1.29, 1.82) is 0 Å². The van der Waals surface area contributed by atoms with Gasteiger partial charge in [-0.05, 0) is 6.92 Å². The summed E-state index contributed by atoms with van der Waals surface area (Å²) in [5.41, 5.74) is 3.58. The van der Waals surface area contributed by atoms with Crippen LogP contribution in [0.15, 0.2) is 30.0 Å². The second-order valence-corrected chi connectivity index (χ2v) is 2.50. The largest absolute Gasteiger partial charge is 0.281 e. The van der Waals surface area contributed by atoms with Crippen molar-refractivity contribution < 1.29 is 0 Å². The Morgan fingerprint density at radius 3 is 2.91 bits per heavy atom. The average molecular weight is 167 g/mol. The number of aliphatic imine (C=N–C) groups is 1. The van der Waals surface area contributed by atoms with Gasteiger partial charge in [-0.1, -0.05) is 25.4 Å². The molecule has 0 atom stereocenters. The lowest BCUT2D eigenvalue weighted by molar-refractivity contribution is 0.434. The van der Waals surface area contributed by atoms with E-state index in [2.05, 4.69) is 23.6 Å². The van der Waals surface area contributed by atoms with Gasteiger partial charge in [0.25, 0.3) is 0 Å². The quantitative estimate of drug-likeness (QED) is 0.470. The molecule has 0 spiro atoms. The summed E-state index contributed by atoms with van der Waals surface area (Å²) in [5, 5.41) is 1.64. The maximum atomic E-state index is 4.93. The number of hydrogen-bond donors (Lipinski definition) is 1. The molecule has 0 aliphatic carbocycles. The highest BCUT2D eigenvalue weighted by Gasteiger charge is 2.14. The Balaban J connectivity index is 2.93. The zero-order chi connectivity index (χ0) is 8.43. The standard InChI is InChI=1S/C7H9N3S/c1-4-10-5(2)7(11)8-6(3)9-10/h4H,1-2H2,3H3,(H,8,9,11). The van der Waals surface area contributed by atoms with Crippen LogP contribution in [-0.4, -0.2) is 15.8 Å². The normalized spacial score (nSPS) is 17.5. The van der Waals surface area contributed by atoms with Gasteiger partial charge in [0.05, 0.1) is 5.70 Å². The van der Waals surface area contributed by atoms with Crippen LogP contribution in [0.1, 0.15) is 6.92 Å². The molecule has 0 unspecified atom stereocenters. The van der Waals surface area contributed by atoms with E-state index in [4.69, 9.17) is 12.2 Å². The van der Waals surface area contributed by atoms with E-state index in [1.54, 1.807) is 11.2 Å². The fourth-order valence-electron chi connectivity index (χ4n) is 0.743. The molecule has 58 valence electrons. The van der Waals surface area contributed by atoms with Crippen molar-refractivity contribution in [3.63, 3.8) is 0 Å². The monoisotopic (exact) mass is 167 g/mol. The van der Waals surface area contributed by atoms with Gasteiger partial charge in [0.2, 0.25) is 0 Å². The fourth-order valence-corrected chi connectivity index (χ4v) is 0.978. The second-order valence-electron chi connectivity index (χ2n) is 2.11. The van der Waals surface area contributed by atoms with Crippen molar-refractivity contribution in [3.05, 3.63) is 25.1 Å². The molecule has 0 saturated heterocycles. The van der Waals surface area contributed by atoms with Gasteiger partial charge in [-0.15, -0.1) is 0 Å². The third kappa shape index (κ3) is 1.46. The molecule has 11 heavy (non-hydrogen) atoms. The van der Waals surface area contributed by atoms with Crippen LogP contribution in [0.2, 0.25) is 0 Å². The van der Waals surface area contributed by atoms with E-state index in [1.165, 1.54) is 0 Å². The van der Waals surface area contributed by atoms with Gasteiger partial charge in [-0.2, -0.15) is 0 Å². The maximum absolute atomic E-state index is 4.93. The van der Waals surface area contributed by atoms with Crippen LogP contribution in [0.5, 0.6) is 0 Å². The molecule has 1 rings (SSSR count). The minimum absolute atomic E-state index is 0.501. The summed E-state index contributed by atoms with van der Waals surface area (Å²) in [4.78, 5) is 4.51. The molecule has 0 fully saturated rings. The van der Waals surface area contributed by atoms with Crippen LogP contribution in [0, 0.1) is 0 Å². The molecule has 0 radical (unpaired) electrons. The predicted molar refractivity (Wildman–Crippen MR) is 50.0 cm³/mol. The molecule has 0 aromatic heterocycles. The van der Waals surface area contributed by atoms with Crippen molar-refractivity contribution in [2.24, 2.45) is 4.99 Å². The molecule has 1 aliphatic rings. The topological polar surface area (TPSA) is 27.6 Å². The third-order valence-electron chi connectivity index (χ3n) is 1.27. The molecule has 3 nitrogen and oxygen atoms in total. The molecular formula is C7H9N3S. The first-order valence-electron chi connectivity index (χ1n) is 3.12. The van der Waals surface area contributed by atoms with Crippen LogP contribution >= 0.6 is 12.2 Å². The smallest absolute Gasteiger partial charge is 0.153 e. The van der Waals surface area contributed by atoms with Crippen LogP contribution < -0.4 is 5.43 Å². The number of nitrogens with zero attached hydrogens (tertiary/aromatic N) is 2. The zero-order valence-corrected chi connectivity index (χ0v) is 7.11. The SMILES string of the molecule is C=CN1NC(C)=NC(=S)C1=C. The van der Waals surface area contributed by atoms with E-state index in [0.29, 0.717) is 10.7 Å². The van der Waals surface area contributed by atoms with Crippen LogP contribution in [0.3, 0.4) is 0 Å². The van der Waals surface area contributed by atoms with Crippen LogP contribution in [-0.2, 0) is 0 Å². The van der Waals surface area contributed by atoms with E-state index in [1.807, 2.05) is 6.92 Å². The molecule has 0 bridgehead atoms. The van der Waals surface area contributed by atoms with Crippen LogP contribution in [0.25, 0.3) is 0 Å². The number of thiocarbonyl (C=S) groups is 1. The Morgan fingerprint density at radius 1 is 1.73 bits per heavy atom. The summed E-state index contributed by atoms with van der Waals surface area (Å²) in [6.07, 6.45) is 1.60. The lowest BCUT2D eigenvalue weighted by Gasteiger charge is -2.26. The summed E-state index contributed by atoms with van der Waals surface area (Å²) in [6, 6.07) is 0. The van der Waals surface area contributed by atoms with Gasteiger partial charge in [-0.3, -0.25) is 10.4 Å². The van der Waals surface area contributed by atoms with Gasteiger partial charge < -0.3 is 0 Å². The molecule has 0 aromatic carbocycles. The van der Waals surface area contributed by atoms with Crippen molar-refractivity contribution in [1.82, 2.24) is 10.4 Å². The summed E-state index contributed by atoms with van der Waals surface area (Å²) < 4.78 is 0. The van der Waals surface area contributed by atoms with Gasteiger partial charge >= 0.3 is 0 Å². The summed E-state index contributed by atoms with van der Waals surface area (Å²) in [7, 11) is 0. The predicted octanol–water partition coefficient (Wildman–Crippen LogP) is 1.21. The Bertz CT molecular complexity index is 254. The zero-order valence-electron chi connectivity index (χ0n) is 6.29. The van der Waals surface area contributed by atoms with Crippen molar-refractivity contribution in [2.45, 2.75) is 6.92 Å². The Labute approximate surface area is 71.1 Å². The highest BCUT2D eigenvalue weighted by molar-refractivity contribution is 7.80. The second kappa shape index (κ2) is 2.84. The molecule has 0 aromatic rings. The Hall–Kier alpha value is -1.16. The van der Waals surface area contributed by atoms with E-state index >= 15 is 0 Å². The third-order valence-corrected chi connectivity index (χ3v) is 1.60. The average Bonchev–Trinajstić information content (AvgIpc) is 1.96. The summed E-state index contributed by atoms with van der Waals surface area (Å²) >= 11 is 4.93. The number of hydrazine groups is 1. The number of hydrogen-bond acceptors (Lipinski definition) is 3. The Morgan fingerprint density at radius 2 is 2.36 bits per heavy atom. The minimum atomic E-state index is 0.501. The van der Waals surface area contributed by atoms with Gasteiger partial charge in [0.15, 0.2) is 4.99 Å². The first-order valence-corrected chi connectivity index (χ1v) is 3.53. The number of rotatable bonds is 1.